The molecule has 3 N–H and O–H groups in total. The second kappa shape index (κ2) is 10.2. The molecular weight excluding hydrogens is 286 g/mol. The van der Waals surface area contributed by atoms with E-state index >= 15 is 0 Å². The predicted octanol–water partition coefficient (Wildman–Crippen LogP) is 1.83. The van der Waals surface area contributed by atoms with Gasteiger partial charge in [0.2, 0.25) is 0 Å². The van der Waals surface area contributed by atoms with E-state index < -0.39 is 6.10 Å². The second-order valence-electron chi connectivity index (χ2n) is 5.19. The summed E-state index contributed by atoms with van der Waals surface area (Å²) in [7, 11) is 0. The molecule has 120 valence electrons. The minimum absolute atomic E-state index is 0.0327. The molecule has 5 heteroatoms. The number of benzene rings is 1. The first-order chi connectivity index (χ1) is 10.1. The van der Waals surface area contributed by atoms with Crippen molar-refractivity contribution in [2.45, 2.75) is 37.3 Å². The Morgan fingerprint density at radius 1 is 1.24 bits per heavy atom. The van der Waals surface area contributed by atoms with E-state index in [4.69, 9.17) is 4.74 Å². The summed E-state index contributed by atoms with van der Waals surface area (Å²) in [6.45, 7) is 4.87. The molecule has 0 saturated carbocycles. The number of ether oxygens (including phenoxy) is 1. The molecule has 1 aromatic carbocycles. The second-order valence-corrected chi connectivity index (χ2v) is 6.27. The molecular formula is C16H27NO3S. The van der Waals surface area contributed by atoms with Crippen molar-refractivity contribution in [1.82, 2.24) is 5.32 Å². The number of thioether (sulfide) groups is 1. The Labute approximate surface area is 131 Å². The molecule has 4 atom stereocenters. The maximum absolute atomic E-state index is 9.96. The summed E-state index contributed by atoms with van der Waals surface area (Å²) in [5, 5.41) is 22.6. The zero-order valence-corrected chi connectivity index (χ0v) is 13.8. The van der Waals surface area contributed by atoms with Gasteiger partial charge in [0.05, 0.1) is 25.4 Å². The van der Waals surface area contributed by atoms with Gasteiger partial charge in [-0.3, -0.25) is 0 Å². The molecule has 0 aliphatic heterocycles. The van der Waals surface area contributed by atoms with Crippen molar-refractivity contribution < 1.29 is 14.9 Å². The molecule has 4 unspecified atom stereocenters. The molecule has 0 heterocycles. The van der Waals surface area contributed by atoms with Gasteiger partial charge >= 0.3 is 0 Å². The molecule has 0 aliphatic rings. The molecule has 1 rings (SSSR count). The van der Waals surface area contributed by atoms with Crippen LogP contribution >= 0.6 is 11.8 Å². The number of hydrogen-bond acceptors (Lipinski definition) is 5. The highest BCUT2D eigenvalue weighted by Crippen LogP contribution is 2.16. The fourth-order valence-corrected chi connectivity index (χ4v) is 2.68. The largest absolute Gasteiger partial charge is 0.395 e. The van der Waals surface area contributed by atoms with Crippen LogP contribution in [0.2, 0.25) is 0 Å². The topological polar surface area (TPSA) is 61.7 Å². The highest BCUT2D eigenvalue weighted by Gasteiger charge is 2.16. The minimum Gasteiger partial charge on any atom is -0.395 e. The number of rotatable bonds is 10. The summed E-state index contributed by atoms with van der Waals surface area (Å²) in [4.78, 5) is 0. The molecule has 0 spiro atoms. The molecule has 21 heavy (non-hydrogen) atoms. The molecule has 4 nitrogen and oxygen atoms in total. The van der Waals surface area contributed by atoms with Gasteiger partial charge in [-0.2, -0.15) is 11.8 Å². The van der Waals surface area contributed by atoms with Crippen LogP contribution in [-0.4, -0.2) is 53.6 Å². The van der Waals surface area contributed by atoms with E-state index in [0.29, 0.717) is 13.2 Å². The lowest BCUT2D eigenvalue weighted by Gasteiger charge is -2.23. The van der Waals surface area contributed by atoms with Crippen LogP contribution in [0.3, 0.4) is 0 Å². The molecule has 0 aliphatic carbocycles. The summed E-state index contributed by atoms with van der Waals surface area (Å²) in [6.07, 6.45) is 1.38. The van der Waals surface area contributed by atoms with Crippen molar-refractivity contribution in [2.75, 3.05) is 26.0 Å². The van der Waals surface area contributed by atoms with Crippen LogP contribution in [0, 0.1) is 0 Å². The summed E-state index contributed by atoms with van der Waals surface area (Å²) in [5.74, 6) is 0. The van der Waals surface area contributed by atoms with Gasteiger partial charge in [-0.15, -0.1) is 0 Å². The Kier molecular flexibility index (Phi) is 8.96. The highest BCUT2D eigenvalue weighted by molar-refractivity contribution is 7.99. The van der Waals surface area contributed by atoms with E-state index in [9.17, 15) is 10.2 Å². The first-order valence-electron chi connectivity index (χ1n) is 7.30. The zero-order chi connectivity index (χ0) is 15.7. The van der Waals surface area contributed by atoms with Crippen molar-refractivity contribution in [1.29, 1.82) is 0 Å². The van der Waals surface area contributed by atoms with E-state index in [-0.39, 0.29) is 24.0 Å². The summed E-state index contributed by atoms with van der Waals surface area (Å²) in [5.41, 5.74) is 1.11. The Morgan fingerprint density at radius 2 is 1.90 bits per heavy atom. The van der Waals surface area contributed by atoms with Crippen LogP contribution in [-0.2, 0) is 4.74 Å². The minimum atomic E-state index is -0.556. The number of aliphatic hydroxyl groups excluding tert-OH is 2. The fourth-order valence-electron chi connectivity index (χ4n) is 2.02. The maximum atomic E-state index is 9.96. The van der Waals surface area contributed by atoms with Crippen LogP contribution in [0.4, 0.5) is 0 Å². The van der Waals surface area contributed by atoms with Gasteiger partial charge in [-0.05, 0) is 25.7 Å². The lowest BCUT2D eigenvalue weighted by atomic mass is 10.1. The fraction of sp³-hybridized carbons (Fsp3) is 0.625. The quantitative estimate of drug-likeness (QED) is 0.615. The SMILES string of the molecule is CSC(CO)C(C)NCC(O)COC(C)c1ccccc1. The lowest BCUT2D eigenvalue weighted by Crippen LogP contribution is -2.42. The molecule has 1 aromatic rings. The van der Waals surface area contributed by atoms with E-state index in [0.717, 1.165) is 5.56 Å². The average Bonchev–Trinajstić information content (AvgIpc) is 2.52. The Hall–Kier alpha value is -0.590. The molecule has 0 bridgehead atoms. The standard InChI is InChI=1S/C16H27NO3S/c1-12(16(10-18)21-3)17-9-15(19)11-20-13(2)14-7-5-4-6-8-14/h4-8,12-13,15-19H,9-11H2,1-3H3. The van der Waals surface area contributed by atoms with Crippen molar-refractivity contribution in [3.63, 3.8) is 0 Å². The first kappa shape index (κ1) is 18.5. The van der Waals surface area contributed by atoms with Gasteiger partial charge in [0.15, 0.2) is 0 Å². The van der Waals surface area contributed by atoms with Crippen LogP contribution in [0.1, 0.15) is 25.5 Å². The third-order valence-corrected chi connectivity index (χ3v) is 4.69. The van der Waals surface area contributed by atoms with Crippen LogP contribution in [0.15, 0.2) is 30.3 Å². The third-order valence-electron chi connectivity index (χ3n) is 3.52. The molecule has 0 amide bonds. The van der Waals surface area contributed by atoms with Gasteiger partial charge in [-0.1, -0.05) is 30.3 Å². The molecule has 0 fully saturated rings. The monoisotopic (exact) mass is 313 g/mol. The van der Waals surface area contributed by atoms with Crippen LogP contribution in [0.25, 0.3) is 0 Å². The smallest absolute Gasteiger partial charge is 0.0898 e. The lowest BCUT2D eigenvalue weighted by molar-refractivity contribution is -0.00286. The van der Waals surface area contributed by atoms with Crippen molar-refractivity contribution >= 4 is 11.8 Å². The Morgan fingerprint density at radius 3 is 2.48 bits per heavy atom. The van der Waals surface area contributed by atoms with E-state index in [1.54, 1.807) is 11.8 Å². The summed E-state index contributed by atoms with van der Waals surface area (Å²) < 4.78 is 5.69. The number of hydrogen-bond donors (Lipinski definition) is 3. The summed E-state index contributed by atoms with van der Waals surface area (Å²) >= 11 is 1.62. The van der Waals surface area contributed by atoms with Gasteiger partial charge in [0, 0.05) is 17.8 Å². The molecule has 0 saturated heterocycles. The van der Waals surface area contributed by atoms with Gasteiger partial charge in [-0.25, -0.2) is 0 Å². The van der Waals surface area contributed by atoms with Crippen molar-refractivity contribution in [2.24, 2.45) is 0 Å². The van der Waals surface area contributed by atoms with Gasteiger partial charge < -0.3 is 20.3 Å². The third kappa shape index (κ3) is 6.80. The van der Waals surface area contributed by atoms with E-state index in [1.165, 1.54) is 0 Å². The van der Waals surface area contributed by atoms with Crippen molar-refractivity contribution in [3.05, 3.63) is 35.9 Å². The van der Waals surface area contributed by atoms with Gasteiger partial charge in [0.1, 0.15) is 0 Å². The zero-order valence-electron chi connectivity index (χ0n) is 13.0. The van der Waals surface area contributed by atoms with Crippen LogP contribution in [0.5, 0.6) is 0 Å². The highest BCUT2D eigenvalue weighted by atomic mass is 32.2. The predicted molar refractivity (Wildman–Crippen MR) is 88.7 cm³/mol. The van der Waals surface area contributed by atoms with Crippen LogP contribution < -0.4 is 5.32 Å². The summed E-state index contributed by atoms with van der Waals surface area (Å²) in [6, 6.07) is 10.1. The Bertz CT molecular complexity index is 373. The van der Waals surface area contributed by atoms with Gasteiger partial charge in [0.25, 0.3) is 0 Å². The van der Waals surface area contributed by atoms with E-state index in [1.807, 2.05) is 50.4 Å². The maximum Gasteiger partial charge on any atom is 0.0898 e. The number of aliphatic hydroxyl groups is 2. The normalized spacial score (nSPS) is 17.2. The average molecular weight is 313 g/mol. The van der Waals surface area contributed by atoms with E-state index in [2.05, 4.69) is 5.32 Å². The molecule has 0 radical (unpaired) electrons. The first-order valence-corrected chi connectivity index (χ1v) is 8.59. The molecule has 0 aromatic heterocycles. The number of nitrogens with one attached hydrogen (secondary N) is 1. The Balaban J connectivity index is 2.26. The van der Waals surface area contributed by atoms with Crippen molar-refractivity contribution in [3.8, 4) is 0 Å².